The highest BCUT2D eigenvalue weighted by atomic mass is 16.1. The van der Waals surface area contributed by atoms with Crippen molar-refractivity contribution in [3.05, 3.63) is 65.2 Å². The summed E-state index contributed by atoms with van der Waals surface area (Å²) in [7, 11) is 6.21. The van der Waals surface area contributed by atoms with Gasteiger partial charge in [0.25, 0.3) is 0 Å². The highest BCUT2D eigenvalue weighted by Crippen LogP contribution is 2.16. The topological polar surface area (TPSA) is 35.6 Å². The van der Waals surface area contributed by atoms with Gasteiger partial charge in [-0.05, 0) is 35.9 Å². The summed E-state index contributed by atoms with van der Waals surface area (Å²) >= 11 is 0. The SMILES string of the molecule is CN(Cc1ccc(N(C)C)cc1)Cc1ccccc1CNC=O. The first-order valence-corrected chi connectivity index (χ1v) is 7.79. The van der Waals surface area contributed by atoms with Crippen molar-refractivity contribution in [2.45, 2.75) is 19.6 Å². The Kier molecular flexibility index (Phi) is 6.18. The number of carbonyl (C=O) groups is 1. The largest absolute Gasteiger partial charge is 0.378 e. The summed E-state index contributed by atoms with van der Waals surface area (Å²) in [5.41, 5.74) is 4.91. The smallest absolute Gasteiger partial charge is 0.207 e. The molecule has 2 aromatic rings. The summed E-state index contributed by atoms with van der Waals surface area (Å²) in [6.07, 6.45) is 0.743. The number of benzene rings is 2. The van der Waals surface area contributed by atoms with Gasteiger partial charge < -0.3 is 10.2 Å². The van der Waals surface area contributed by atoms with E-state index in [4.69, 9.17) is 0 Å². The molecule has 2 aromatic carbocycles. The van der Waals surface area contributed by atoms with Crippen LogP contribution in [0.3, 0.4) is 0 Å². The van der Waals surface area contributed by atoms with E-state index in [9.17, 15) is 4.79 Å². The van der Waals surface area contributed by atoms with E-state index >= 15 is 0 Å². The molecule has 0 spiro atoms. The summed E-state index contributed by atoms with van der Waals surface area (Å²) in [4.78, 5) is 14.9. The molecule has 0 saturated heterocycles. The first kappa shape index (κ1) is 17.0. The minimum Gasteiger partial charge on any atom is -0.378 e. The molecule has 4 heteroatoms. The van der Waals surface area contributed by atoms with E-state index in [2.05, 4.69) is 58.6 Å². The number of nitrogens with one attached hydrogen (secondary N) is 1. The molecule has 0 fully saturated rings. The zero-order valence-corrected chi connectivity index (χ0v) is 14.1. The first-order valence-electron chi connectivity index (χ1n) is 7.79. The molecular weight excluding hydrogens is 286 g/mol. The Balaban J connectivity index is 1.99. The lowest BCUT2D eigenvalue weighted by molar-refractivity contribution is -0.109. The molecule has 23 heavy (non-hydrogen) atoms. The second-order valence-electron chi connectivity index (χ2n) is 6.00. The summed E-state index contributed by atoms with van der Waals surface area (Å²) < 4.78 is 0. The average molecular weight is 311 g/mol. The van der Waals surface area contributed by atoms with Crippen molar-refractivity contribution < 1.29 is 4.79 Å². The lowest BCUT2D eigenvalue weighted by Gasteiger charge is -2.20. The molecule has 0 aliphatic heterocycles. The van der Waals surface area contributed by atoms with Crippen molar-refractivity contribution >= 4 is 12.1 Å². The van der Waals surface area contributed by atoms with Crippen molar-refractivity contribution in [3.63, 3.8) is 0 Å². The van der Waals surface area contributed by atoms with Crippen molar-refractivity contribution in [1.82, 2.24) is 10.2 Å². The number of hydrogen-bond acceptors (Lipinski definition) is 3. The van der Waals surface area contributed by atoms with Crippen LogP contribution in [0.5, 0.6) is 0 Å². The molecule has 0 heterocycles. The van der Waals surface area contributed by atoms with E-state index in [0.717, 1.165) is 25.1 Å². The minimum atomic E-state index is 0.574. The Morgan fingerprint density at radius 1 is 0.913 bits per heavy atom. The molecule has 0 aliphatic rings. The van der Waals surface area contributed by atoms with Crippen LogP contribution in [0.2, 0.25) is 0 Å². The Morgan fingerprint density at radius 2 is 1.57 bits per heavy atom. The van der Waals surface area contributed by atoms with Gasteiger partial charge in [0.15, 0.2) is 0 Å². The van der Waals surface area contributed by atoms with Crippen LogP contribution in [0.15, 0.2) is 48.5 Å². The summed E-state index contributed by atoms with van der Waals surface area (Å²) in [5.74, 6) is 0. The molecule has 0 bridgehead atoms. The van der Waals surface area contributed by atoms with Crippen LogP contribution in [0, 0.1) is 0 Å². The maximum Gasteiger partial charge on any atom is 0.207 e. The molecule has 0 aromatic heterocycles. The monoisotopic (exact) mass is 311 g/mol. The zero-order valence-electron chi connectivity index (χ0n) is 14.1. The molecule has 2 rings (SSSR count). The number of amides is 1. The molecule has 1 N–H and O–H groups in total. The van der Waals surface area contributed by atoms with Gasteiger partial charge in [-0.15, -0.1) is 0 Å². The third kappa shape index (κ3) is 5.11. The lowest BCUT2D eigenvalue weighted by Crippen LogP contribution is -2.20. The number of nitrogens with zero attached hydrogens (tertiary/aromatic N) is 2. The molecule has 1 amide bonds. The Hall–Kier alpha value is -2.33. The Labute approximate surface area is 138 Å². The van der Waals surface area contributed by atoms with Crippen LogP contribution >= 0.6 is 0 Å². The number of carbonyl (C=O) groups excluding carboxylic acids is 1. The molecule has 4 nitrogen and oxygen atoms in total. The van der Waals surface area contributed by atoms with Crippen LogP contribution in [-0.2, 0) is 24.4 Å². The van der Waals surface area contributed by atoms with E-state index in [1.54, 1.807) is 0 Å². The summed E-state index contributed by atoms with van der Waals surface area (Å²) in [6.45, 7) is 2.32. The quantitative estimate of drug-likeness (QED) is 0.761. The predicted octanol–water partition coefficient (Wildman–Crippen LogP) is 2.63. The maximum atomic E-state index is 10.5. The fraction of sp³-hybridized carbons (Fsp3) is 0.316. The molecule has 122 valence electrons. The molecule has 0 aliphatic carbocycles. The second-order valence-corrected chi connectivity index (χ2v) is 6.00. The van der Waals surface area contributed by atoms with Crippen LogP contribution in [0.4, 0.5) is 5.69 Å². The second kappa shape index (κ2) is 8.34. The molecule has 0 saturated carbocycles. The number of rotatable bonds is 8. The van der Waals surface area contributed by atoms with Gasteiger partial charge in [-0.3, -0.25) is 9.69 Å². The fourth-order valence-electron chi connectivity index (χ4n) is 2.59. The van der Waals surface area contributed by atoms with Crippen molar-refractivity contribution in [2.75, 3.05) is 26.0 Å². The van der Waals surface area contributed by atoms with Gasteiger partial charge in [0.2, 0.25) is 6.41 Å². The molecule has 0 radical (unpaired) electrons. The normalized spacial score (nSPS) is 10.6. The van der Waals surface area contributed by atoms with Gasteiger partial charge >= 0.3 is 0 Å². The third-order valence-corrected chi connectivity index (χ3v) is 3.84. The van der Waals surface area contributed by atoms with E-state index in [1.807, 2.05) is 26.2 Å². The predicted molar refractivity (Wildman–Crippen MR) is 95.3 cm³/mol. The van der Waals surface area contributed by atoms with Crippen LogP contribution < -0.4 is 10.2 Å². The average Bonchev–Trinajstić information content (AvgIpc) is 2.54. The minimum absolute atomic E-state index is 0.574. The van der Waals surface area contributed by atoms with Crippen LogP contribution in [0.25, 0.3) is 0 Å². The third-order valence-electron chi connectivity index (χ3n) is 3.84. The van der Waals surface area contributed by atoms with Crippen molar-refractivity contribution in [1.29, 1.82) is 0 Å². The molecular formula is C19H25N3O. The molecule has 0 unspecified atom stereocenters. The van der Waals surface area contributed by atoms with Crippen LogP contribution in [0.1, 0.15) is 16.7 Å². The number of anilines is 1. The van der Waals surface area contributed by atoms with E-state index in [-0.39, 0.29) is 0 Å². The summed E-state index contributed by atoms with van der Waals surface area (Å²) in [6, 6.07) is 16.9. The Bertz CT molecular complexity index is 623. The van der Waals surface area contributed by atoms with Crippen molar-refractivity contribution in [3.8, 4) is 0 Å². The Morgan fingerprint density at radius 3 is 2.17 bits per heavy atom. The van der Waals surface area contributed by atoms with Gasteiger partial charge in [-0.1, -0.05) is 36.4 Å². The van der Waals surface area contributed by atoms with E-state index in [1.165, 1.54) is 16.8 Å². The fourth-order valence-corrected chi connectivity index (χ4v) is 2.59. The zero-order chi connectivity index (χ0) is 16.7. The van der Waals surface area contributed by atoms with Gasteiger partial charge in [0.1, 0.15) is 0 Å². The number of hydrogen-bond donors (Lipinski definition) is 1. The maximum absolute atomic E-state index is 10.5. The molecule has 0 atom stereocenters. The van der Waals surface area contributed by atoms with Gasteiger partial charge in [0.05, 0.1) is 0 Å². The van der Waals surface area contributed by atoms with Crippen molar-refractivity contribution in [2.24, 2.45) is 0 Å². The lowest BCUT2D eigenvalue weighted by atomic mass is 10.1. The highest BCUT2D eigenvalue weighted by molar-refractivity contribution is 5.47. The standard InChI is InChI=1S/C19H25N3O/c1-21(2)19-10-8-16(9-11-19)13-22(3)14-18-7-5-4-6-17(18)12-20-15-23/h4-11,15H,12-14H2,1-3H3,(H,20,23). The van der Waals surface area contributed by atoms with Gasteiger partial charge in [-0.2, -0.15) is 0 Å². The van der Waals surface area contributed by atoms with E-state index < -0.39 is 0 Å². The summed E-state index contributed by atoms with van der Waals surface area (Å²) in [5, 5.41) is 2.74. The van der Waals surface area contributed by atoms with E-state index in [0.29, 0.717) is 6.54 Å². The van der Waals surface area contributed by atoms with Gasteiger partial charge in [0, 0.05) is 39.4 Å². The first-order chi connectivity index (χ1) is 11.1. The van der Waals surface area contributed by atoms with Crippen LogP contribution in [-0.4, -0.2) is 32.5 Å². The van der Waals surface area contributed by atoms with Gasteiger partial charge in [-0.25, -0.2) is 0 Å². The highest BCUT2D eigenvalue weighted by Gasteiger charge is 2.06.